The second-order valence-electron chi connectivity index (χ2n) is 9.23. The number of benzene rings is 3. The van der Waals surface area contributed by atoms with E-state index in [1.807, 2.05) is 83.8 Å². The van der Waals surface area contributed by atoms with Gasteiger partial charge in [-0.25, -0.2) is 4.98 Å². The van der Waals surface area contributed by atoms with Gasteiger partial charge in [0.15, 0.2) is 0 Å². The molecule has 0 bridgehead atoms. The summed E-state index contributed by atoms with van der Waals surface area (Å²) in [5.74, 6) is 1.65. The highest BCUT2D eigenvalue weighted by molar-refractivity contribution is 5.98. The van der Waals surface area contributed by atoms with E-state index in [9.17, 15) is 4.79 Å². The van der Waals surface area contributed by atoms with Crippen LogP contribution >= 0.6 is 0 Å². The molecule has 1 aliphatic heterocycles. The third-order valence-electron chi connectivity index (χ3n) is 6.75. The lowest BCUT2D eigenvalue weighted by Crippen LogP contribution is -2.49. The fraction of sp³-hybridized carbons (Fsp3) is 0.200. The third kappa shape index (κ3) is 4.93. The number of carbonyl (C=O) groups is 1. The van der Waals surface area contributed by atoms with Crippen molar-refractivity contribution in [3.8, 4) is 11.3 Å². The van der Waals surface area contributed by atoms with Gasteiger partial charge in [-0.2, -0.15) is 4.98 Å². The van der Waals surface area contributed by atoms with E-state index in [0.29, 0.717) is 50.6 Å². The predicted octanol–water partition coefficient (Wildman–Crippen LogP) is 4.77. The number of aromatic nitrogens is 3. The van der Waals surface area contributed by atoms with Crippen molar-refractivity contribution < 1.29 is 9.32 Å². The molecule has 1 aliphatic rings. The molecular formula is C30H27N5O2. The van der Waals surface area contributed by atoms with E-state index >= 15 is 0 Å². The van der Waals surface area contributed by atoms with Crippen LogP contribution in [0.4, 0.5) is 5.82 Å². The maximum atomic E-state index is 12.9. The molecule has 1 saturated heterocycles. The quantitative estimate of drug-likeness (QED) is 0.342. The Hall–Kier alpha value is -4.52. The topological polar surface area (TPSA) is 75.4 Å². The van der Waals surface area contributed by atoms with Crippen LogP contribution in [0.1, 0.15) is 17.0 Å². The minimum Gasteiger partial charge on any atom is -0.352 e. The first-order valence-electron chi connectivity index (χ1n) is 12.6. The summed E-state index contributed by atoms with van der Waals surface area (Å²) in [5, 5.41) is 5.20. The summed E-state index contributed by atoms with van der Waals surface area (Å²) in [5.41, 5.74) is 4.34. The smallest absolute Gasteiger partial charge is 0.263 e. The van der Waals surface area contributed by atoms with Crippen molar-refractivity contribution in [1.29, 1.82) is 0 Å². The first-order chi connectivity index (χ1) is 18.2. The van der Waals surface area contributed by atoms with E-state index < -0.39 is 0 Å². The van der Waals surface area contributed by atoms with Gasteiger partial charge in [0.05, 0.1) is 6.42 Å². The minimum atomic E-state index is 0.151. The monoisotopic (exact) mass is 489 g/mol. The number of nitrogens with zero attached hydrogens (tertiary/aromatic N) is 5. The molecule has 3 heterocycles. The van der Waals surface area contributed by atoms with Crippen LogP contribution in [0.3, 0.4) is 0 Å². The van der Waals surface area contributed by atoms with Gasteiger partial charge in [-0.15, -0.1) is 0 Å². The SMILES string of the molecule is O=C(Cc1ccccc1)N1CCN(c2nc(Cc3ccccc3)nc3onc(-c4ccccc4)c23)CC1. The standard InChI is InChI=1S/C30H27N5O2/c36-26(21-23-12-6-2-7-13-23)34-16-18-35(19-17-34)29-27-28(24-14-8-3-9-15-24)33-37-30(27)32-25(31-29)20-22-10-4-1-5-11-22/h1-15H,16-21H2. The summed E-state index contributed by atoms with van der Waals surface area (Å²) in [6.07, 6.45) is 1.02. The van der Waals surface area contributed by atoms with Gasteiger partial charge in [0.1, 0.15) is 22.7 Å². The number of amides is 1. The molecular weight excluding hydrogens is 462 g/mol. The summed E-state index contributed by atoms with van der Waals surface area (Å²) in [4.78, 5) is 26.9. The van der Waals surface area contributed by atoms with Gasteiger partial charge in [0.2, 0.25) is 5.91 Å². The van der Waals surface area contributed by atoms with Gasteiger partial charge < -0.3 is 14.3 Å². The number of carbonyl (C=O) groups excluding carboxylic acids is 1. The molecule has 0 aliphatic carbocycles. The molecule has 6 rings (SSSR count). The molecule has 2 aromatic heterocycles. The lowest BCUT2D eigenvalue weighted by atomic mass is 10.1. The number of hydrogen-bond donors (Lipinski definition) is 0. The molecule has 7 nitrogen and oxygen atoms in total. The molecule has 37 heavy (non-hydrogen) atoms. The van der Waals surface area contributed by atoms with E-state index in [4.69, 9.17) is 14.5 Å². The van der Waals surface area contributed by atoms with E-state index in [2.05, 4.69) is 22.2 Å². The Morgan fingerprint density at radius 1 is 0.757 bits per heavy atom. The Kier molecular flexibility index (Phi) is 6.33. The van der Waals surface area contributed by atoms with E-state index in [1.165, 1.54) is 0 Å². The van der Waals surface area contributed by atoms with Crippen LogP contribution in [-0.4, -0.2) is 52.1 Å². The average molecular weight is 490 g/mol. The summed E-state index contributed by atoms with van der Waals surface area (Å²) in [7, 11) is 0. The molecule has 7 heteroatoms. The van der Waals surface area contributed by atoms with Gasteiger partial charge in [0.25, 0.3) is 5.71 Å². The number of rotatable bonds is 6. The largest absolute Gasteiger partial charge is 0.352 e. The number of anilines is 1. The Balaban J connectivity index is 1.30. The van der Waals surface area contributed by atoms with Crippen LogP contribution in [0.5, 0.6) is 0 Å². The molecule has 0 saturated carbocycles. The van der Waals surface area contributed by atoms with Crippen LogP contribution in [0.2, 0.25) is 0 Å². The van der Waals surface area contributed by atoms with Crippen molar-refractivity contribution in [1.82, 2.24) is 20.0 Å². The molecule has 5 aromatic rings. The van der Waals surface area contributed by atoms with Crippen LogP contribution in [0, 0.1) is 0 Å². The zero-order valence-electron chi connectivity index (χ0n) is 20.5. The zero-order valence-corrected chi connectivity index (χ0v) is 20.5. The first kappa shape index (κ1) is 22.9. The van der Waals surface area contributed by atoms with Crippen molar-refractivity contribution in [2.75, 3.05) is 31.1 Å². The van der Waals surface area contributed by atoms with Crippen molar-refractivity contribution in [2.45, 2.75) is 12.8 Å². The first-order valence-corrected chi connectivity index (χ1v) is 12.6. The second kappa shape index (κ2) is 10.2. The lowest BCUT2D eigenvalue weighted by molar-refractivity contribution is -0.130. The van der Waals surface area contributed by atoms with Crippen molar-refractivity contribution in [3.05, 3.63) is 108 Å². The van der Waals surface area contributed by atoms with Crippen molar-refractivity contribution >= 4 is 22.8 Å². The average Bonchev–Trinajstić information content (AvgIpc) is 3.38. The molecule has 1 amide bonds. The molecule has 3 aromatic carbocycles. The van der Waals surface area contributed by atoms with Gasteiger partial charge >= 0.3 is 0 Å². The minimum absolute atomic E-state index is 0.151. The fourth-order valence-corrected chi connectivity index (χ4v) is 4.81. The molecule has 0 N–H and O–H groups in total. The zero-order chi connectivity index (χ0) is 25.0. The van der Waals surface area contributed by atoms with E-state index in [1.54, 1.807) is 0 Å². The van der Waals surface area contributed by atoms with Crippen LogP contribution in [0.25, 0.3) is 22.4 Å². The predicted molar refractivity (Wildman–Crippen MR) is 143 cm³/mol. The molecule has 1 fully saturated rings. The molecule has 0 unspecified atom stereocenters. The van der Waals surface area contributed by atoms with Crippen LogP contribution in [-0.2, 0) is 17.6 Å². The summed E-state index contributed by atoms with van der Waals surface area (Å²) >= 11 is 0. The van der Waals surface area contributed by atoms with Gasteiger partial charge in [-0.3, -0.25) is 4.79 Å². The Morgan fingerprint density at radius 3 is 2.05 bits per heavy atom. The van der Waals surface area contributed by atoms with Crippen molar-refractivity contribution in [2.24, 2.45) is 0 Å². The third-order valence-corrected chi connectivity index (χ3v) is 6.75. The number of hydrogen-bond acceptors (Lipinski definition) is 6. The maximum absolute atomic E-state index is 12.9. The second-order valence-corrected chi connectivity index (χ2v) is 9.23. The van der Waals surface area contributed by atoms with Gasteiger partial charge in [0, 0.05) is 38.2 Å². The van der Waals surface area contributed by atoms with Gasteiger partial charge in [-0.1, -0.05) is 96.2 Å². The van der Waals surface area contributed by atoms with Crippen molar-refractivity contribution in [3.63, 3.8) is 0 Å². The summed E-state index contributed by atoms with van der Waals surface area (Å²) in [6.45, 7) is 2.63. The lowest BCUT2D eigenvalue weighted by Gasteiger charge is -2.35. The Bertz CT molecular complexity index is 1500. The highest BCUT2D eigenvalue weighted by Crippen LogP contribution is 2.34. The molecule has 0 radical (unpaired) electrons. The Labute approximate surface area is 215 Å². The molecule has 0 spiro atoms. The highest BCUT2D eigenvalue weighted by Gasteiger charge is 2.27. The fourth-order valence-electron chi connectivity index (χ4n) is 4.81. The number of piperazine rings is 1. The summed E-state index contributed by atoms with van der Waals surface area (Å²) in [6, 6.07) is 30.0. The van der Waals surface area contributed by atoms with Crippen LogP contribution in [0.15, 0.2) is 95.5 Å². The van der Waals surface area contributed by atoms with E-state index in [0.717, 1.165) is 33.6 Å². The molecule has 0 atom stereocenters. The molecule has 184 valence electrons. The van der Waals surface area contributed by atoms with Crippen LogP contribution < -0.4 is 4.90 Å². The number of fused-ring (bicyclic) bond motifs is 1. The maximum Gasteiger partial charge on any atom is 0.263 e. The summed E-state index contributed by atoms with van der Waals surface area (Å²) < 4.78 is 5.75. The Morgan fingerprint density at radius 2 is 1.38 bits per heavy atom. The van der Waals surface area contributed by atoms with Gasteiger partial charge in [-0.05, 0) is 11.1 Å². The highest BCUT2D eigenvalue weighted by atomic mass is 16.5. The van der Waals surface area contributed by atoms with E-state index in [-0.39, 0.29) is 5.91 Å². The normalized spacial score (nSPS) is 13.7.